The Morgan fingerprint density at radius 3 is 2.65 bits per heavy atom. The molecule has 0 radical (unpaired) electrons. The Bertz CT molecular complexity index is 633. The first-order chi connectivity index (χ1) is 11.1. The van der Waals surface area contributed by atoms with Crippen molar-refractivity contribution in [2.45, 2.75) is 45.1 Å². The quantitative estimate of drug-likeness (QED) is 0.940. The average molecular weight is 311 g/mol. The van der Waals surface area contributed by atoms with E-state index in [1.54, 1.807) is 0 Å². The van der Waals surface area contributed by atoms with Crippen molar-refractivity contribution in [1.82, 2.24) is 19.9 Å². The van der Waals surface area contributed by atoms with Crippen LogP contribution >= 0.6 is 0 Å². The number of hydrogen-bond donors (Lipinski definition) is 1. The molecule has 2 N–H and O–H groups in total. The summed E-state index contributed by atoms with van der Waals surface area (Å²) in [6, 6.07) is 4.21. The molecule has 0 atom stereocenters. The molecule has 5 heteroatoms. The molecule has 1 aliphatic heterocycles. The van der Waals surface area contributed by atoms with Gasteiger partial charge in [-0.15, -0.1) is 0 Å². The number of pyridine rings is 1. The predicted molar refractivity (Wildman–Crippen MR) is 92.0 cm³/mol. The Hall–Kier alpha value is -2.01. The number of nitrogen functional groups attached to an aromatic ring is 1. The van der Waals surface area contributed by atoms with Crippen LogP contribution in [0.25, 0.3) is 0 Å². The van der Waals surface area contributed by atoms with Crippen LogP contribution in [0.15, 0.2) is 30.7 Å². The van der Waals surface area contributed by atoms with Gasteiger partial charge in [-0.05, 0) is 43.5 Å². The van der Waals surface area contributed by atoms with E-state index in [9.17, 15) is 0 Å². The maximum absolute atomic E-state index is 6.11. The molecule has 1 saturated heterocycles. The van der Waals surface area contributed by atoms with Gasteiger partial charge in [0.05, 0.1) is 0 Å². The second-order valence-corrected chi connectivity index (χ2v) is 6.63. The maximum Gasteiger partial charge on any atom is 0.133 e. The van der Waals surface area contributed by atoms with Crippen LogP contribution in [0.3, 0.4) is 0 Å². The second kappa shape index (κ2) is 7.04. The summed E-state index contributed by atoms with van der Waals surface area (Å²) < 4.78 is 0. The molecule has 3 rings (SSSR count). The molecule has 23 heavy (non-hydrogen) atoms. The molecule has 1 aliphatic rings. The molecule has 0 saturated carbocycles. The largest absolute Gasteiger partial charge is 0.383 e. The van der Waals surface area contributed by atoms with Gasteiger partial charge < -0.3 is 5.73 Å². The molecule has 0 amide bonds. The third kappa shape index (κ3) is 3.85. The Morgan fingerprint density at radius 2 is 2.04 bits per heavy atom. The summed E-state index contributed by atoms with van der Waals surface area (Å²) in [5.41, 5.74) is 8.50. The van der Waals surface area contributed by atoms with E-state index in [0.29, 0.717) is 17.7 Å². The highest BCUT2D eigenvalue weighted by atomic mass is 15.1. The molecule has 122 valence electrons. The molecule has 0 unspecified atom stereocenters. The highest BCUT2D eigenvalue weighted by molar-refractivity contribution is 5.37. The zero-order valence-electron chi connectivity index (χ0n) is 13.9. The average Bonchev–Trinajstić information content (AvgIpc) is 2.58. The number of hydrogen-bond acceptors (Lipinski definition) is 5. The van der Waals surface area contributed by atoms with Crippen LogP contribution in [0.1, 0.15) is 55.5 Å². The minimum Gasteiger partial charge on any atom is -0.383 e. The van der Waals surface area contributed by atoms with E-state index in [2.05, 4.69) is 39.8 Å². The van der Waals surface area contributed by atoms with Crippen LogP contribution in [0.2, 0.25) is 0 Å². The Kier molecular flexibility index (Phi) is 4.86. The summed E-state index contributed by atoms with van der Waals surface area (Å²) in [5.74, 6) is 2.37. The van der Waals surface area contributed by atoms with Crippen molar-refractivity contribution in [2.75, 3.05) is 18.8 Å². The lowest BCUT2D eigenvalue weighted by atomic mass is 9.90. The van der Waals surface area contributed by atoms with Gasteiger partial charge in [0.25, 0.3) is 0 Å². The SMILES string of the molecule is CC(C)c1ncc(CN2CCC(c3cccnc3)CC2)c(N)n1. The zero-order chi connectivity index (χ0) is 16.2. The van der Waals surface area contributed by atoms with Crippen LogP contribution in [-0.2, 0) is 6.54 Å². The number of anilines is 1. The summed E-state index contributed by atoms with van der Waals surface area (Å²) in [6.07, 6.45) is 8.05. The number of rotatable bonds is 4. The fourth-order valence-corrected chi connectivity index (χ4v) is 3.12. The van der Waals surface area contributed by atoms with Crippen molar-refractivity contribution in [1.29, 1.82) is 0 Å². The van der Waals surface area contributed by atoms with Gasteiger partial charge in [-0.3, -0.25) is 9.88 Å². The molecular weight excluding hydrogens is 286 g/mol. The Balaban J connectivity index is 1.59. The van der Waals surface area contributed by atoms with E-state index in [0.717, 1.165) is 43.9 Å². The predicted octanol–water partition coefficient (Wildman–Crippen LogP) is 2.96. The van der Waals surface area contributed by atoms with Crippen molar-refractivity contribution in [3.63, 3.8) is 0 Å². The molecule has 2 aromatic heterocycles. The van der Waals surface area contributed by atoms with Crippen LogP contribution in [0, 0.1) is 0 Å². The number of aromatic nitrogens is 3. The van der Waals surface area contributed by atoms with Gasteiger partial charge in [-0.25, -0.2) is 9.97 Å². The molecule has 5 nitrogen and oxygen atoms in total. The fourth-order valence-electron chi connectivity index (χ4n) is 3.12. The lowest BCUT2D eigenvalue weighted by Crippen LogP contribution is -2.32. The number of nitrogens with two attached hydrogens (primary N) is 1. The highest BCUT2D eigenvalue weighted by Crippen LogP contribution is 2.28. The van der Waals surface area contributed by atoms with Gasteiger partial charge in [0.15, 0.2) is 0 Å². The number of nitrogens with zero attached hydrogens (tertiary/aromatic N) is 4. The Labute approximate surface area is 138 Å². The topological polar surface area (TPSA) is 67.9 Å². The van der Waals surface area contributed by atoms with Crippen LogP contribution < -0.4 is 5.73 Å². The van der Waals surface area contributed by atoms with E-state index >= 15 is 0 Å². The van der Waals surface area contributed by atoms with Gasteiger partial charge in [0.1, 0.15) is 11.6 Å². The van der Waals surface area contributed by atoms with Crippen molar-refractivity contribution < 1.29 is 0 Å². The third-order valence-electron chi connectivity index (χ3n) is 4.57. The lowest BCUT2D eigenvalue weighted by molar-refractivity contribution is 0.204. The minimum atomic E-state index is 0.307. The van der Waals surface area contributed by atoms with Gasteiger partial charge >= 0.3 is 0 Å². The molecule has 2 aromatic rings. The lowest BCUT2D eigenvalue weighted by Gasteiger charge is -2.32. The van der Waals surface area contributed by atoms with Gasteiger partial charge in [0.2, 0.25) is 0 Å². The molecule has 1 fully saturated rings. The number of piperidine rings is 1. The van der Waals surface area contributed by atoms with Crippen LogP contribution in [0.4, 0.5) is 5.82 Å². The first-order valence-electron chi connectivity index (χ1n) is 8.37. The maximum atomic E-state index is 6.11. The monoisotopic (exact) mass is 311 g/mol. The molecule has 0 bridgehead atoms. The first kappa shape index (κ1) is 15.9. The van der Waals surface area contributed by atoms with Crippen molar-refractivity contribution in [3.8, 4) is 0 Å². The summed E-state index contributed by atoms with van der Waals surface area (Å²) in [5, 5.41) is 0. The smallest absolute Gasteiger partial charge is 0.133 e. The van der Waals surface area contributed by atoms with Crippen molar-refractivity contribution in [3.05, 3.63) is 47.7 Å². The molecule has 3 heterocycles. The first-order valence-corrected chi connectivity index (χ1v) is 8.37. The number of likely N-dealkylation sites (tertiary alicyclic amines) is 1. The van der Waals surface area contributed by atoms with E-state index < -0.39 is 0 Å². The van der Waals surface area contributed by atoms with Crippen molar-refractivity contribution in [2.24, 2.45) is 0 Å². The zero-order valence-corrected chi connectivity index (χ0v) is 13.9. The third-order valence-corrected chi connectivity index (χ3v) is 4.57. The summed E-state index contributed by atoms with van der Waals surface area (Å²) in [7, 11) is 0. The van der Waals surface area contributed by atoms with E-state index in [-0.39, 0.29) is 0 Å². The van der Waals surface area contributed by atoms with Gasteiger partial charge in [-0.1, -0.05) is 19.9 Å². The van der Waals surface area contributed by atoms with E-state index in [4.69, 9.17) is 5.73 Å². The summed E-state index contributed by atoms with van der Waals surface area (Å²) in [6.45, 7) is 7.15. The minimum absolute atomic E-state index is 0.307. The summed E-state index contributed by atoms with van der Waals surface area (Å²) in [4.78, 5) is 15.5. The van der Waals surface area contributed by atoms with Crippen LogP contribution in [0.5, 0.6) is 0 Å². The van der Waals surface area contributed by atoms with Gasteiger partial charge in [-0.2, -0.15) is 0 Å². The molecule has 0 spiro atoms. The standard InChI is InChI=1S/C18H25N5/c1-13(2)18-21-11-16(17(19)22-18)12-23-8-5-14(6-9-23)15-4-3-7-20-10-15/h3-4,7,10-11,13-14H,5-6,8-9,12H2,1-2H3,(H2,19,21,22). The van der Waals surface area contributed by atoms with Crippen molar-refractivity contribution >= 4 is 5.82 Å². The molecule has 0 aromatic carbocycles. The molecular formula is C18H25N5. The second-order valence-electron chi connectivity index (χ2n) is 6.63. The van der Waals surface area contributed by atoms with E-state index in [1.165, 1.54) is 5.56 Å². The highest BCUT2D eigenvalue weighted by Gasteiger charge is 2.21. The van der Waals surface area contributed by atoms with E-state index in [1.807, 2.05) is 24.7 Å². The molecule has 0 aliphatic carbocycles. The summed E-state index contributed by atoms with van der Waals surface area (Å²) >= 11 is 0. The normalized spacial score (nSPS) is 16.8. The Morgan fingerprint density at radius 1 is 1.26 bits per heavy atom. The fraction of sp³-hybridized carbons (Fsp3) is 0.500. The van der Waals surface area contributed by atoms with Gasteiger partial charge in [0, 0.05) is 36.6 Å². The van der Waals surface area contributed by atoms with Crippen LogP contribution in [-0.4, -0.2) is 32.9 Å².